The minimum absolute atomic E-state index is 0.0777. The molecular formula is C13H18N4O3S. The summed E-state index contributed by atoms with van der Waals surface area (Å²) in [6.07, 6.45) is 4.48. The summed E-state index contributed by atoms with van der Waals surface area (Å²) in [7, 11) is -3.55. The highest BCUT2D eigenvalue weighted by molar-refractivity contribution is 7.89. The summed E-state index contributed by atoms with van der Waals surface area (Å²) in [5.41, 5.74) is 1.48. The molecule has 0 N–H and O–H groups in total. The molecule has 1 aliphatic heterocycles. The average molecular weight is 310 g/mol. The monoisotopic (exact) mass is 310 g/mol. The van der Waals surface area contributed by atoms with Crippen LogP contribution in [0, 0.1) is 20.8 Å². The second-order valence-electron chi connectivity index (χ2n) is 5.46. The van der Waals surface area contributed by atoms with Gasteiger partial charge < -0.3 is 4.52 Å². The van der Waals surface area contributed by atoms with Gasteiger partial charge in [-0.1, -0.05) is 5.16 Å². The van der Waals surface area contributed by atoms with Crippen molar-refractivity contribution in [2.75, 3.05) is 13.1 Å². The number of hydrogen-bond acceptors (Lipinski definition) is 5. The topological polar surface area (TPSA) is 81.2 Å². The number of rotatable bonds is 3. The maximum Gasteiger partial charge on any atom is 0.248 e. The van der Waals surface area contributed by atoms with E-state index in [0.717, 1.165) is 12.0 Å². The Labute approximate surface area is 123 Å². The molecule has 1 fully saturated rings. The first-order valence-corrected chi connectivity index (χ1v) is 8.27. The van der Waals surface area contributed by atoms with Crippen LogP contribution in [0.25, 0.3) is 0 Å². The van der Waals surface area contributed by atoms with Crippen molar-refractivity contribution in [3.8, 4) is 0 Å². The molecule has 0 bridgehead atoms. The van der Waals surface area contributed by atoms with Crippen molar-refractivity contribution >= 4 is 10.0 Å². The Kier molecular flexibility index (Phi) is 3.37. The van der Waals surface area contributed by atoms with Crippen molar-refractivity contribution in [2.45, 2.75) is 38.1 Å². The van der Waals surface area contributed by atoms with Crippen molar-refractivity contribution in [2.24, 2.45) is 0 Å². The predicted molar refractivity (Wildman–Crippen MR) is 75.4 cm³/mol. The molecule has 1 unspecified atom stereocenters. The normalized spacial score (nSPS) is 20.2. The zero-order valence-electron chi connectivity index (χ0n) is 12.3. The summed E-state index contributed by atoms with van der Waals surface area (Å²) in [4.78, 5) is 0.194. The minimum Gasteiger partial charge on any atom is -0.360 e. The number of aromatic nitrogens is 3. The van der Waals surface area contributed by atoms with Gasteiger partial charge in [-0.05, 0) is 32.8 Å². The molecule has 0 spiro atoms. The van der Waals surface area contributed by atoms with E-state index in [-0.39, 0.29) is 10.9 Å². The average Bonchev–Trinajstić information content (AvgIpc) is 3.09. The summed E-state index contributed by atoms with van der Waals surface area (Å²) in [6, 6.07) is 0.0777. The molecule has 2 aromatic heterocycles. The maximum absolute atomic E-state index is 12.7. The van der Waals surface area contributed by atoms with Crippen LogP contribution in [0.3, 0.4) is 0 Å². The highest BCUT2D eigenvalue weighted by atomic mass is 32.2. The Morgan fingerprint density at radius 1 is 1.33 bits per heavy atom. The molecular weight excluding hydrogens is 292 g/mol. The fourth-order valence-corrected chi connectivity index (χ4v) is 4.53. The Hall–Kier alpha value is -1.67. The van der Waals surface area contributed by atoms with Crippen molar-refractivity contribution < 1.29 is 12.9 Å². The van der Waals surface area contributed by atoms with E-state index in [9.17, 15) is 8.42 Å². The molecule has 0 amide bonds. The van der Waals surface area contributed by atoms with Gasteiger partial charge in [-0.2, -0.15) is 9.40 Å². The van der Waals surface area contributed by atoms with Gasteiger partial charge in [-0.3, -0.25) is 4.68 Å². The molecule has 0 aliphatic carbocycles. The molecule has 2 aromatic rings. The quantitative estimate of drug-likeness (QED) is 0.856. The molecule has 1 aliphatic rings. The van der Waals surface area contributed by atoms with Crippen LogP contribution in [0.5, 0.6) is 0 Å². The Morgan fingerprint density at radius 2 is 2.10 bits per heavy atom. The smallest absolute Gasteiger partial charge is 0.248 e. The highest BCUT2D eigenvalue weighted by Gasteiger charge is 2.36. The van der Waals surface area contributed by atoms with Gasteiger partial charge in [0.2, 0.25) is 10.0 Å². The zero-order chi connectivity index (χ0) is 15.2. The van der Waals surface area contributed by atoms with Crippen molar-refractivity contribution in [3.63, 3.8) is 0 Å². The first kappa shape index (κ1) is 14.3. The first-order valence-electron chi connectivity index (χ1n) is 6.83. The van der Waals surface area contributed by atoms with E-state index in [4.69, 9.17) is 4.52 Å². The van der Waals surface area contributed by atoms with Gasteiger partial charge in [0.25, 0.3) is 0 Å². The molecule has 114 valence electrons. The third-order valence-corrected chi connectivity index (χ3v) is 5.91. The number of aryl methyl sites for hydroxylation is 3. The second kappa shape index (κ2) is 4.96. The molecule has 0 saturated carbocycles. The van der Waals surface area contributed by atoms with Crippen molar-refractivity contribution in [1.29, 1.82) is 0 Å². The lowest BCUT2D eigenvalue weighted by molar-refractivity contribution is 0.389. The van der Waals surface area contributed by atoms with Gasteiger partial charge in [0.15, 0.2) is 5.76 Å². The van der Waals surface area contributed by atoms with Gasteiger partial charge in [0.1, 0.15) is 10.6 Å². The van der Waals surface area contributed by atoms with Crippen molar-refractivity contribution in [3.05, 3.63) is 29.4 Å². The highest BCUT2D eigenvalue weighted by Crippen LogP contribution is 2.29. The Bertz CT molecular complexity index is 743. The van der Waals surface area contributed by atoms with E-state index in [2.05, 4.69) is 10.3 Å². The van der Waals surface area contributed by atoms with E-state index in [1.165, 1.54) is 4.31 Å². The first-order chi connectivity index (χ1) is 9.89. The van der Waals surface area contributed by atoms with Gasteiger partial charge in [0, 0.05) is 19.3 Å². The fourth-order valence-electron chi connectivity index (χ4n) is 2.75. The molecule has 3 rings (SSSR count). The van der Waals surface area contributed by atoms with Crippen molar-refractivity contribution in [1.82, 2.24) is 19.2 Å². The van der Waals surface area contributed by atoms with Gasteiger partial charge in [-0.15, -0.1) is 0 Å². The summed E-state index contributed by atoms with van der Waals surface area (Å²) in [5, 5.41) is 8.01. The largest absolute Gasteiger partial charge is 0.360 e. The van der Waals surface area contributed by atoms with E-state index in [1.807, 2.05) is 17.8 Å². The number of hydrogen-bond donors (Lipinski definition) is 0. The Balaban J connectivity index is 1.86. The molecule has 0 radical (unpaired) electrons. The van der Waals surface area contributed by atoms with Crippen LogP contribution in [-0.4, -0.2) is 40.7 Å². The summed E-state index contributed by atoms with van der Waals surface area (Å²) in [5.74, 6) is 0.339. The summed E-state index contributed by atoms with van der Waals surface area (Å²) >= 11 is 0. The molecule has 21 heavy (non-hydrogen) atoms. The third-order valence-electron chi connectivity index (χ3n) is 3.80. The van der Waals surface area contributed by atoms with E-state index < -0.39 is 10.0 Å². The lowest BCUT2D eigenvalue weighted by Crippen LogP contribution is -2.30. The van der Waals surface area contributed by atoms with E-state index in [1.54, 1.807) is 20.0 Å². The lowest BCUT2D eigenvalue weighted by atomic mass is 10.3. The number of sulfonamides is 1. The Morgan fingerprint density at radius 3 is 2.67 bits per heavy atom. The summed E-state index contributed by atoms with van der Waals surface area (Å²) in [6.45, 7) is 6.14. The molecule has 8 heteroatoms. The standard InChI is InChI=1S/C13H18N4O3S/c1-9-6-14-17(7-9)12-4-5-16(8-12)21(18,19)13-10(2)15-20-11(13)3/h6-7,12H,4-5,8H2,1-3H3. The zero-order valence-corrected chi connectivity index (χ0v) is 13.1. The maximum atomic E-state index is 12.7. The van der Waals surface area contributed by atoms with E-state index >= 15 is 0 Å². The summed E-state index contributed by atoms with van der Waals surface area (Å²) < 4.78 is 33.7. The van der Waals surface area contributed by atoms with Crippen LogP contribution < -0.4 is 0 Å². The lowest BCUT2D eigenvalue weighted by Gasteiger charge is -2.16. The van der Waals surface area contributed by atoms with Crippen LogP contribution in [0.1, 0.15) is 29.5 Å². The van der Waals surface area contributed by atoms with Crippen LogP contribution in [0.4, 0.5) is 0 Å². The molecule has 7 nitrogen and oxygen atoms in total. The van der Waals surface area contributed by atoms with Gasteiger partial charge >= 0.3 is 0 Å². The molecule has 1 saturated heterocycles. The SMILES string of the molecule is Cc1cnn(C2CCN(S(=O)(=O)c3c(C)noc3C)C2)c1. The van der Waals surface area contributed by atoms with Crippen LogP contribution in [0.2, 0.25) is 0 Å². The van der Waals surface area contributed by atoms with Crippen LogP contribution in [-0.2, 0) is 10.0 Å². The van der Waals surface area contributed by atoms with Crippen LogP contribution >= 0.6 is 0 Å². The van der Waals surface area contributed by atoms with Gasteiger partial charge in [0.05, 0.1) is 12.2 Å². The molecule has 3 heterocycles. The predicted octanol–water partition coefficient (Wildman–Crippen LogP) is 1.43. The fraction of sp³-hybridized carbons (Fsp3) is 0.538. The number of nitrogens with zero attached hydrogens (tertiary/aromatic N) is 4. The molecule has 1 atom stereocenters. The minimum atomic E-state index is -3.55. The third kappa shape index (κ3) is 2.38. The van der Waals surface area contributed by atoms with Gasteiger partial charge in [-0.25, -0.2) is 8.42 Å². The second-order valence-corrected chi connectivity index (χ2v) is 7.33. The molecule has 0 aromatic carbocycles. The van der Waals surface area contributed by atoms with E-state index in [0.29, 0.717) is 24.5 Å². The van der Waals surface area contributed by atoms with Crippen LogP contribution in [0.15, 0.2) is 21.8 Å².